The van der Waals surface area contributed by atoms with E-state index in [4.69, 9.17) is 4.74 Å². The highest BCUT2D eigenvalue weighted by molar-refractivity contribution is 5.78. The maximum atomic E-state index is 12.5. The SMILES string of the molecule is CCc1cc(OC)ccc1CCC(C)C(=O)N1CCNCC1. The van der Waals surface area contributed by atoms with Crippen molar-refractivity contribution >= 4 is 5.91 Å². The maximum Gasteiger partial charge on any atom is 0.225 e. The largest absolute Gasteiger partial charge is 0.497 e. The molecule has 0 spiro atoms. The van der Waals surface area contributed by atoms with Crippen LogP contribution in [0.15, 0.2) is 18.2 Å². The van der Waals surface area contributed by atoms with E-state index < -0.39 is 0 Å². The molecule has 0 aromatic heterocycles. The molecule has 1 saturated heterocycles. The fourth-order valence-corrected chi connectivity index (χ4v) is 2.99. The third-order valence-corrected chi connectivity index (χ3v) is 4.49. The summed E-state index contributed by atoms with van der Waals surface area (Å²) in [6, 6.07) is 6.26. The molecule has 0 radical (unpaired) electrons. The van der Waals surface area contributed by atoms with Gasteiger partial charge in [-0.05, 0) is 42.5 Å². The van der Waals surface area contributed by atoms with Gasteiger partial charge in [0.05, 0.1) is 7.11 Å². The smallest absolute Gasteiger partial charge is 0.225 e. The lowest BCUT2D eigenvalue weighted by molar-refractivity contribution is -0.135. The first kappa shape index (κ1) is 16.8. The van der Waals surface area contributed by atoms with E-state index in [0.29, 0.717) is 5.91 Å². The molecule has 122 valence electrons. The van der Waals surface area contributed by atoms with Crippen LogP contribution in [-0.2, 0) is 17.6 Å². The zero-order valence-corrected chi connectivity index (χ0v) is 14.0. The lowest BCUT2D eigenvalue weighted by atomic mass is 9.95. The van der Waals surface area contributed by atoms with Gasteiger partial charge in [0.15, 0.2) is 0 Å². The van der Waals surface area contributed by atoms with Gasteiger partial charge in [-0.1, -0.05) is 19.9 Å². The van der Waals surface area contributed by atoms with E-state index in [1.807, 2.05) is 11.0 Å². The number of piperazine rings is 1. The first-order valence-corrected chi connectivity index (χ1v) is 8.31. The van der Waals surface area contributed by atoms with Crippen molar-refractivity contribution in [3.63, 3.8) is 0 Å². The minimum Gasteiger partial charge on any atom is -0.497 e. The minimum absolute atomic E-state index is 0.0879. The Balaban J connectivity index is 1.92. The molecule has 2 rings (SSSR count). The van der Waals surface area contributed by atoms with Crippen LogP contribution in [0.1, 0.15) is 31.4 Å². The number of carbonyl (C=O) groups excluding carboxylic acids is 1. The molecule has 1 aromatic rings. The molecule has 1 unspecified atom stereocenters. The number of carbonyl (C=O) groups is 1. The Bertz CT molecular complexity index is 496. The molecule has 1 N–H and O–H groups in total. The molecule has 0 bridgehead atoms. The van der Waals surface area contributed by atoms with E-state index in [2.05, 4.69) is 31.3 Å². The predicted molar refractivity (Wildman–Crippen MR) is 89.3 cm³/mol. The van der Waals surface area contributed by atoms with Gasteiger partial charge in [0, 0.05) is 32.1 Å². The highest BCUT2D eigenvalue weighted by atomic mass is 16.5. The zero-order chi connectivity index (χ0) is 15.9. The Morgan fingerprint density at radius 1 is 1.32 bits per heavy atom. The number of nitrogens with zero attached hydrogens (tertiary/aromatic N) is 1. The number of hydrogen-bond donors (Lipinski definition) is 1. The number of hydrogen-bond acceptors (Lipinski definition) is 3. The van der Waals surface area contributed by atoms with Crippen molar-refractivity contribution in [1.29, 1.82) is 0 Å². The van der Waals surface area contributed by atoms with E-state index in [-0.39, 0.29) is 5.92 Å². The summed E-state index contributed by atoms with van der Waals surface area (Å²) in [5, 5.41) is 3.29. The number of methoxy groups -OCH3 is 1. The number of aryl methyl sites for hydroxylation is 2. The fraction of sp³-hybridized carbons (Fsp3) is 0.611. The van der Waals surface area contributed by atoms with Crippen molar-refractivity contribution in [3.05, 3.63) is 29.3 Å². The summed E-state index contributed by atoms with van der Waals surface area (Å²) < 4.78 is 5.29. The average molecular weight is 304 g/mol. The fourth-order valence-electron chi connectivity index (χ4n) is 2.99. The molecule has 1 aliphatic rings. The number of amides is 1. The van der Waals surface area contributed by atoms with Crippen molar-refractivity contribution < 1.29 is 9.53 Å². The van der Waals surface area contributed by atoms with Crippen LogP contribution in [0.5, 0.6) is 5.75 Å². The Morgan fingerprint density at radius 2 is 2.05 bits per heavy atom. The molecular formula is C18H28N2O2. The van der Waals surface area contributed by atoms with Gasteiger partial charge in [0.1, 0.15) is 5.75 Å². The minimum atomic E-state index is 0.0879. The maximum absolute atomic E-state index is 12.5. The van der Waals surface area contributed by atoms with E-state index >= 15 is 0 Å². The van der Waals surface area contributed by atoms with Crippen LogP contribution in [0, 0.1) is 5.92 Å². The molecule has 1 amide bonds. The Hall–Kier alpha value is -1.55. The third kappa shape index (κ3) is 4.23. The Labute approximate surface area is 133 Å². The van der Waals surface area contributed by atoms with Gasteiger partial charge in [0.25, 0.3) is 0 Å². The number of nitrogens with one attached hydrogen (secondary N) is 1. The topological polar surface area (TPSA) is 41.6 Å². The highest BCUT2D eigenvalue weighted by Crippen LogP contribution is 2.21. The van der Waals surface area contributed by atoms with Crippen LogP contribution in [0.4, 0.5) is 0 Å². The second-order valence-corrected chi connectivity index (χ2v) is 6.00. The third-order valence-electron chi connectivity index (χ3n) is 4.49. The molecule has 1 heterocycles. The lowest BCUT2D eigenvalue weighted by Gasteiger charge is -2.30. The summed E-state index contributed by atoms with van der Waals surface area (Å²) in [6.45, 7) is 7.72. The molecule has 4 heteroatoms. The summed E-state index contributed by atoms with van der Waals surface area (Å²) in [6.07, 6.45) is 2.85. The van der Waals surface area contributed by atoms with E-state index in [9.17, 15) is 4.79 Å². The molecule has 4 nitrogen and oxygen atoms in total. The van der Waals surface area contributed by atoms with Crippen LogP contribution in [-0.4, -0.2) is 44.1 Å². The summed E-state index contributed by atoms with van der Waals surface area (Å²) >= 11 is 0. The number of rotatable bonds is 6. The average Bonchev–Trinajstić information content (AvgIpc) is 2.59. The van der Waals surface area contributed by atoms with Gasteiger partial charge in [-0.25, -0.2) is 0 Å². The summed E-state index contributed by atoms with van der Waals surface area (Å²) in [4.78, 5) is 14.4. The molecule has 22 heavy (non-hydrogen) atoms. The zero-order valence-electron chi connectivity index (χ0n) is 14.0. The van der Waals surface area contributed by atoms with Crippen molar-refractivity contribution in [2.24, 2.45) is 5.92 Å². The summed E-state index contributed by atoms with van der Waals surface area (Å²) in [7, 11) is 1.70. The molecular weight excluding hydrogens is 276 g/mol. The molecule has 0 saturated carbocycles. The van der Waals surface area contributed by atoms with Gasteiger partial charge < -0.3 is 15.0 Å². The summed E-state index contributed by atoms with van der Waals surface area (Å²) in [5.41, 5.74) is 2.66. The molecule has 1 aromatic carbocycles. The molecule has 1 aliphatic heterocycles. The monoisotopic (exact) mass is 304 g/mol. The molecule has 0 aliphatic carbocycles. The second kappa shape index (κ2) is 8.18. The van der Waals surface area contributed by atoms with Crippen LogP contribution in [0.3, 0.4) is 0 Å². The first-order valence-electron chi connectivity index (χ1n) is 8.31. The van der Waals surface area contributed by atoms with Gasteiger partial charge in [0.2, 0.25) is 5.91 Å². The molecule has 1 fully saturated rings. The first-order chi connectivity index (χ1) is 10.7. The van der Waals surface area contributed by atoms with Gasteiger partial charge in [-0.2, -0.15) is 0 Å². The van der Waals surface area contributed by atoms with Crippen molar-refractivity contribution in [1.82, 2.24) is 10.2 Å². The highest BCUT2D eigenvalue weighted by Gasteiger charge is 2.21. The van der Waals surface area contributed by atoms with Crippen LogP contribution < -0.4 is 10.1 Å². The van der Waals surface area contributed by atoms with Crippen LogP contribution in [0.2, 0.25) is 0 Å². The molecule has 1 atom stereocenters. The Morgan fingerprint density at radius 3 is 2.68 bits per heavy atom. The van der Waals surface area contributed by atoms with Gasteiger partial charge in [-0.3, -0.25) is 4.79 Å². The van der Waals surface area contributed by atoms with E-state index in [1.54, 1.807) is 7.11 Å². The van der Waals surface area contributed by atoms with Crippen LogP contribution in [0.25, 0.3) is 0 Å². The predicted octanol–water partition coefficient (Wildman–Crippen LogP) is 2.26. The lowest BCUT2D eigenvalue weighted by Crippen LogP contribution is -2.48. The second-order valence-electron chi connectivity index (χ2n) is 6.00. The number of ether oxygens (including phenoxy) is 1. The normalized spacial score (nSPS) is 16.4. The van der Waals surface area contributed by atoms with Gasteiger partial charge in [-0.15, -0.1) is 0 Å². The number of benzene rings is 1. The van der Waals surface area contributed by atoms with Crippen molar-refractivity contribution in [3.8, 4) is 5.75 Å². The van der Waals surface area contributed by atoms with Gasteiger partial charge >= 0.3 is 0 Å². The van der Waals surface area contributed by atoms with E-state index in [0.717, 1.165) is 51.2 Å². The van der Waals surface area contributed by atoms with Crippen molar-refractivity contribution in [2.75, 3.05) is 33.3 Å². The van der Waals surface area contributed by atoms with E-state index in [1.165, 1.54) is 11.1 Å². The quantitative estimate of drug-likeness (QED) is 0.876. The Kier molecular flexibility index (Phi) is 6.25. The standard InChI is InChI=1S/C18H28N2O2/c1-4-15-13-17(22-3)8-7-16(15)6-5-14(2)18(21)20-11-9-19-10-12-20/h7-8,13-14,19H,4-6,9-12H2,1-3H3. The van der Waals surface area contributed by atoms with Crippen molar-refractivity contribution in [2.45, 2.75) is 33.1 Å². The summed E-state index contributed by atoms with van der Waals surface area (Å²) in [5.74, 6) is 1.29. The van der Waals surface area contributed by atoms with Crippen LogP contribution >= 0.6 is 0 Å².